The Kier molecular flexibility index (Phi) is 6.82. The first-order valence-electron chi connectivity index (χ1n) is 10.9. The summed E-state index contributed by atoms with van der Waals surface area (Å²) >= 11 is 0. The average molecular weight is 456 g/mol. The molecule has 3 amide bonds. The largest absolute Gasteiger partial charge is 0.427 e. The number of amides is 3. The maximum Gasteiger partial charge on any atom is 0.308 e. The Labute approximate surface area is 197 Å². The highest BCUT2D eigenvalue weighted by atomic mass is 16.5. The van der Waals surface area contributed by atoms with Crippen molar-refractivity contribution in [1.29, 1.82) is 0 Å². The van der Waals surface area contributed by atoms with E-state index in [1.165, 1.54) is 24.0 Å². The Balaban J connectivity index is 1.59. The van der Waals surface area contributed by atoms with Crippen molar-refractivity contribution >= 4 is 29.4 Å². The van der Waals surface area contributed by atoms with Gasteiger partial charge in [0.05, 0.1) is 18.5 Å². The van der Waals surface area contributed by atoms with Crippen LogP contribution in [0.4, 0.5) is 5.69 Å². The van der Waals surface area contributed by atoms with Crippen molar-refractivity contribution < 1.29 is 23.9 Å². The zero-order valence-corrected chi connectivity index (χ0v) is 18.7. The molecule has 0 N–H and O–H groups in total. The summed E-state index contributed by atoms with van der Waals surface area (Å²) in [6.07, 6.45) is 0.0284. The Morgan fingerprint density at radius 2 is 1.47 bits per heavy atom. The molecule has 0 spiro atoms. The molecule has 4 rings (SSSR count). The number of anilines is 1. The summed E-state index contributed by atoms with van der Waals surface area (Å²) in [4.78, 5) is 53.3. The molecule has 0 bridgehead atoms. The van der Waals surface area contributed by atoms with E-state index in [9.17, 15) is 19.2 Å². The molecule has 34 heavy (non-hydrogen) atoms. The van der Waals surface area contributed by atoms with Crippen LogP contribution in [0.3, 0.4) is 0 Å². The van der Waals surface area contributed by atoms with Crippen LogP contribution in [0.25, 0.3) is 0 Å². The summed E-state index contributed by atoms with van der Waals surface area (Å²) in [5.74, 6) is -1.22. The van der Waals surface area contributed by atoms with Crippen molar-refractivity contribution in [3.63, 3.8) is 0 Å². The molecular formula is C27H24N2O5. The molecule has 1 saturated heterocycles. The molecule has 0 saturated carbocycles. The second-order valence-corrected chi connectivity index (χ2v) is 8.04. The fourth-order valence-corrected chi connectivity index (χ4v) is 3.98. The molecule has 0 aliphatic carbocycles. The van der Waals surface area contributed by atoms with Crippen LogP contribution < -0.4 is 9.64 Å². The first-order valence-corrected chi connectivity index (χ1v) is 10.9. The van der Waals surface area contributed by atoms with Gasteiger partial charge in [-0.25, -0.2) is 4.90 Å². The number of hydrogen-bond donors (Lipinski definition) is 0. The van der Waals surface area contributed by atoms with Gasteiger partial charge in [-0.05, 0) is 35.4 Å². The van der Waals surface area contributed by atoms with Gasteiger partial charge >= 0.3 is 5.97 Å². The molecule has 7 nitrogen and oxygen atoms in total. The molecule has 3 aromatic rings. The maximum atomic E-state index is 13.4. The van der Waals surface area contributed by atoms with Crippen LogP contribution >= 0.6 is 0 Å². The smallest absolute Gasteiger partial charge is 0.308 e. The van der Waals surface area contributed by atoms with Gasteiger partial charge in [-0.3, -0.25) is 19.2 Å². The summed E-state index contributed by atoms with van der Waals surface area (Å²) in [6, 6.07) is 23.9. The summed E-state index contributed by atoms with van der Waals surface area (Å²) in [5, 5.41) is 0. The Morgan fingerprint density at radius 1 is 0.882 bits per heavy atom. The van der Waals surface area contributed by atoms with Crippen molar-refractivity contribution in [1.82, 2.24) is 4.90 Å². The summed E-state index contributed by atoms with van der Waals surface area (Å²) in [6.45, 7) is 1.51. The number of carbonyl (C=O) groups excluding carboxylic acids is 4. The van der Waals surface area contributed by atoms with Gasteiger partial charge in [0.1, 0.15) is 11.8 Å². The molecule has 1 unspecified atom stereocenters. The first-order chi connectivity index (χ1) is 16.4. The molecule has 7 heteroatoms. The van der Waals surface area contributed by atoms with Crippen LogP contribution in [0.2, 0.25) is 0 Å². The molecule has 3 aromatic carbocycles. The lowest BCUT2D eigenvalue weighted by atomic mass is 10.1. The second-order valence-electron chi connectivity index (χ2n) is 8.04. The van der Waals surface area contributed by atoms with Crippen LogP contribution in [0, 0.1) is 0 Å². The van der Waals surface area contributed by atoms with Gasteiger partial charge in [-0.1, -0.05) is 60.7 Å². The van der Waals surface area contributed by atoms with E-state index in [4.69, 9.17) is 4.74 Å². The predicted octanol–water partition coefficient (Wildman–Crippen LogP) is 3.52. The number of ether oxygens (including phenoxy) is 1. The van der Waals surface area contributed by atoms with E-state index < -0.39 is 17.9 Å². The normalized spacial score (nSPS) is 15.3. The summed E-state index contributed by atoms with van der Waals surface area (Å²) in [5.41, 5.74) is 2.07. The fourth-order valence-electron chi connectivity index (χ4n) is 3.98. The van der Waals surface area contributed by atoms with Gasteiger partial charge in [0.25, 0.3) is 5.91 Å². The van der Waals surface area contributed by atoms with E-state index in [1.807, 2.05) is 60.7 Å². The van der Waals surface area contributed by atoms with Gasteiger partial charge in [0.15, 0.2) is 0 Å². The third-order valence-electron chi connectivity index (χ3n) is 5.57. The lowest BCUT2D eigenvalue weighted by Gasteiger charge is -2.28. The molecule has 1 aliphatic heterocycles. The third kappa shape index (κ3) is 5.20. The average Bonchev–Trinajstić information content (AvgIpc) is 3.12. The van der Waals surface area contributed by atoms with E-state index in [1.54, 1.807) is 12.1 Å². The number of esters is 1. The molecule has 0 radical (unpaired) electrons. The van der Waals surface area contributed by atoms with Crippen molar-refractivity contribution in [2.75, 3.05) is 4.90 Å². The van der Waals surface area contributed by atoms with Crippen molar-refractivity contribution in [3.8, 4) is 5.75 Å². The minimum Gasteiger partial charge on any atom is -0.427 e. The van der Waals surface area contributed by atoms with Gasteiger partial charge in [-0.15, -0.1) is 0 Å². The summed E-state index contributed by atoms with van der Waals surface area (Å²) < 4.78 is 5.02. The number of imide groups is 1. The van der Waals surface area contributed by atoms with Crippen molar-refractivity contribution in [2.45, 2.75) is 32.4 Å². The predicted molar refractivity (Wildman–Crippen MR) is 126 cm³/mol. The minimum atomic E-state index is -0.905. The van der Waals surface area contributed by atoms with Gasteiger partial charge in [-0.2, -0.15) is 0 Å². The Hall–Kier alpha value is -4.26. The number of carbonyl (C=O) groups is 4. The lowest BCUT2D eigenvalue weighted by Crippen LogP contribution is -2.45. The Morgan fingerprint density at radius 3 is 2.06 bits per heavy atom. The highest BCUT2D eigenvalue weighted by molar-refractivity contribution is 6.23. The van der Waals surface area contributed by atoms with E-state index in [0.717, 1.165) is 16.0 Å². The van der Waals surface area contributed by atoms with Gasteiger partial charge in [0, 0.05) is 13.5 Å². The third-order valence-corrected chi connectivity index (χ3v) is 5.57. The summed E-state index contributed by atoms with van der Waals surface area (Å²) in [7, 11) is 0. The van der Waals surface area contributed by atoms with Crippen LogP contribution in [0.5, 0.6) is 5.75 Å². The molecule has 1 heterocycles. The molecule has 1 atom stereocenters. The Bertz CT molecular complexity index is 1190. The molecule has 1 fully saturated rings. The fraction of sp³-hybridized carbons (Fsp3) is 0.185. The molecule has 172 valence electrons. The van der Waals surface area contributed by atoms with E-state index in [-0.39, 0.29) is 31.2 Å². The van der Waals surface area contributed by atoms with Crippen LogP contribution in [-0.2, 0) is 32.1 Å². The quantitative estimate of drug-likeness (QED) is 0.309. The van der Waals surface area contributed by atoms with Crippen LogP contribution in [-0.4, -0.2) is 34.6 Å². The first kappa shape index (κ1) is 22.9. The molecular weight excluding hydrogens is 432 g/mol. The highest BCUT2D eigenvalue weighted by Gasteiger charge is 2.44. The highest BCUT2D eigenvalue weighted by Crippen LogP contribution is 2.28. The topological polar surface area (TPSA) is 84.0 Å². The zero-order chi connectivity index (χ0) is 24.1. The SMILES string of the molecule is CC(=O)Oc1ccc(N2C(=O)CC(N(Cc3ccccc3)C(=O)Cc3ccccc3)C2=O)cc1. The maximum absolute atomic E-state index is 13.4. The minimum absolute atomic E-state index is 0.0993. The number of nitrogens with zero attached hydrogens (tertiary/aromatic N) is 2. The van der Waals surface area contributed by atoms with E-state index in [2.05, 4.69) is 0 Å². The zero-order valence-electron chi connectivity index (χ0n) is 18.7. The van der Waals surface area contributed by atoms with E-state index in [0.29, 0.717) is 11.4 Å². The van der Waals surface area contributed by atoms with Crippen molar-refractivity contribution in [3.05, 3.63) is 96.1 Å². The number of hydrogen-bond acceptors (Lipinski definition) is 5. The number of rotatable bonds is 7. The number of benzene rings is 3. The molecule has 0 aromatic heterocycles. The van der Waals surface area contributed by atoms with Crippen LogP contribution in [0.15, 0.2) is 84.9 Å². The van der Waals surface area contributed by atoms with Crippen molar-refractivity contribution in [2.24, 2.45) is 0 Å². The lowest BCUT2D eigenvalue weighted by molar-refractivity contribution is -0.138. The van der Waals surface area contributed by atoms with Gasteiger partial charge < -0.3 is 9.64 Å². The van der Waals surface area contributed by atoms with Gasteiger partial charge in [0.2, 0.25) is 11.8 Å². The standard InChI is InChI=1S/C27H24N2O5/c1-19(30)34-23-14-12-22(13-15-23)29-26(32)17-24(27(29)33)28(18-21-10-6-3-7-11-21)25(31)16-20-8-4-2-5-9-20/h2-15,24H,16-18H2,1H3. The molecule has 1 aliphatic rings. The second kappa shape index (κ2) is 10.1. The monoisotopic (exact) mass is 456 g/mol. The van der Waals surface area contributed by atoms with Crippen LogP contribution in [0.1, 0.15) is 24.5 Å². The van der Waals surface area contributed by atoms with E-state index >= 15 is 0 Å².